The largest absolute Gasteiger partial charge is 0.478 e. The summed E-state index contributed by atoms with van der Waals surface area (Å²) in [6.45, 7) is 2.09. The van der Waals surface area contributed by atoms with Crippen LogP contribution in [0.1, 0.15) is 15.9 Å². The Kier molecular flexibility index (Phi) is 5.56. The summed E-state index contributed by atoms with van der Waals surface area (Å²) in [5.41, 5.74) is 1.62. The molecule has 2 rings (SSSR count). The third kappa shape index (κ3) is 4.62. The van der Waals surface area contributed by atoms with Crippen LogP contribution in [0.15, 0.2) is 58.3 Å². The molecule has 0 atom stereocenters. The molecule has 2 aromatic rings. The van der Waals surface area contributed by atoms with E-state index in [0.717, 1.165) is 16.4 Å². The molecule has 0 bridgehead atoms. The first kappa shape index (κ1) is 15.0. The SMILES string of the molecule is Cc1ccc(SCCSc2ccc(C(=O)O)cc2)cc1. The third-order valence-electron chi connectivity index (χ3n) is 2.74. The van der Waals surface area contributed by atoms with Crippen LogP contribution in [0.5, 0.6) is 0 Å². The second-order valence-electron chi connectivity index (χ2n) is 4.34. The molecule has 2 aromatic carbocycles. The molecule has 0 saturated carbocycles. The third-order valence-corrected chi connectivity index (χ3v) is 5.03. The highest BCUT2D eigenvalue weighted by Crippen LogP contribution is 2.23. The number of aromatic carboxylic acids is 1. The summed E-state index contributed by atoms with van der Waals surface area (Å²) in [4.78, 5) is 13.1. The molecule has 1 N–H and O–H groups in total. The average Bonchev–Trinajstić information content (AvgIpc) is 2.46. The summed E-state index contributed by atoms with van der Waals surface area (Å²) < 4.78 is 0. The number of benzene rings is 2. The van der Waals surface area contributed by atoms with Gasteiger partial charge >= 0.3 is 5.97 Å². The minimum Gasteiger partial charge on any atom is -0.478 e. The lowest BCUT2D eigenvalue weighted by molar-refractivity contribution is 0.0697. The van der Waals surface area contributed by atoms with E-state index in [0.29, 0.717) is 5.56 Å². The van der Waals surface area contributed by atoms with Crippen LogP contribution in [-0.4, -0.2) is 22.6 Å². The van der Waals surface area contributed by atoms with Gasteiger partial charge in [0.25, 0.3) is 0 Å². The zero-order valence-corrected chi connectivity index (χ0v) is 12.8. The Morgan fingerprint density at radius 1 is 0.900 bits per heavy atom. The van der Waals surface area contributed by atoms with Gasteiger partial charge in [-0.1, -0.05) is 17.7 Å². The number of carboxylic acid groups (broad SMARTS) is 1. The fourth-order valence-electron chi connectivity index (χ4n) is 1.65. The van der Waals surface area contributed by atoms with Crippen LogP contribution in [0.25, 0.3) is 0 Å². The second kappa shape index (κ2) is 7.41. The van der Waals surface area contributed by atoms with Gasteiger partial charge in [0, 0.05) is 21.3 Å². The van der Waals surface area contributed by atoms with Gasteiger partial charge in [-0.2, -0.15) is 0 Å². The van der Waals surface area contributed by atoms with Gasteiger partial charge in [0.05, 0.1) is 5.56 Å². The highest BCUT2D eigenvalue weighted by atomic mass is 32.2. The highest BCUT2D eigenvalue weighted by Gasteiger charge is 2.02. The Balaban J connectivity index is 1.75. The Morgan fingerprint density at radius 2 is 1.35 bits per heavy atom. The zero-order valence-electron chi connectivity index (χ0n) is 11.2. The lowest BCUT2D eigenvalue weighted by atomic mass is 10.2. The molecular formula is C16H16O2S2. The van der Waals surface area contributed by atoms with Gasteiger partial charge in [-0.15, -0.1) is 23.5 Å². The van der Waals surface area contributed by atoms with E-state index in [9.17, 15) is 4.79 Å². The van der Waals surface area contributed by atoms with Gasteiger partial charge in [0.1, 0.15) is 0 Å². The molecule has 0 aliphatic carbocycles. The number of carboxylic acids is 1. The van der Waals surface area contributed by atoms with Crippen molar-refractivity contribution in [3.8, 4) is 0 Å². The Labute approximate surface area is 127 Å². The lowest BCUT2D eigenvalue weighted by Crippen LogP contribution is -1.94. The quantitative estimate of drug-likeness (QED) is 0.626. The number of hydrogen-bond acceptors (Lipinski definition) is 3. The van der Waals surface area contributed by atoms with Gasteiger partial charge in [0.2, 0.25) is 0 Å². The highest BCUT2D eigenvalue weighted by molar-refractivity contribution is 8.03. The van der Waals surface area contributed by atoms with E-state index >= 15 is 0 Å². The smallest absolute Gasteiger partial charge is 0.335 e. The molecule has 0 spiro atoms. The maximum atomic E-state index is 10.7. The molecule has 0 heterocycles. The summed E-state index contributed by atoms with van der Waals surface area (Å²) in [7, 11) is 0. The average molecular weight is 304 g/mol. The minimum absolute atomic E-state index is 0.336. The summed E-state index contributed by atoms with van der Waals surface area (Å²) in [6.07, 6.45) is 0. The molecule has 4 heteroatoms. The second-order valence-corrected chi connectivity index (χ2v) is 6.68. The van der Waals surface area contributed by atoms with Gasteiger partial charge < -0.3 is 5.11 Å². The standard InChI is InChI=1S/C16H16O2S2/c1-12-2-6-14(7-3-12)19-10-11-20-15-8-4-13(5-9-15)16(17)18/h2-9H,10-11H2,1H3,(H,17,18). The summed E-state index contributed by atoms with van der Waals surface area (Å²) in [6, 6.07) is 15.6. The van der Waals surface area contributed by atoms with E-state index in [-0.39, 0.29) is 0 Å². The van der Waals surface area contributed by atoms with Crippen molar-refractivity contribution in [1.29, 1.82) is 0 Å². The number of rotatable bonds is 6. The first-order valence-electron chi connectivity index (χ1n) is 6.31. The van der Waals surface area contributed by atoms with Crippen molar-refractivity contribution in [2.45, 2.75) is 16.7 Å². The molecular weight excluding hydrogens is 288 g/mol. The monoisotopic (exact) mass is 304 g/mol. The fourth-order valence-corrected chi connectivity index (χ4v) is 3.44. The van der Waals surface area contributed by atoms with Crippen molar-refractivity contribution in [3.05, 3.63) is 59.7 Å². The molecule has 0 amide bonds. The topological polar surface area (TPSA) is 37.3 Å². The van der Waals surface area contributed by atoms with Crippen molar-refractivity contribution in [2.24, 2.45) is 0 Å². The number of aryl methyl sites for hydroxylation is 1. The lowest BCUT2D eigenvalue weighted by Gasteiger charge is -2.03. The van der Waals surface area contributed by atoms with E-state index in [1.54, 1.807) is 23.9 Å². The molecule has 2 nitrogen and oxygen atoms in total. The summed E-state index contributed by atoms with van der Waals surface area (Å²) >= 11 is 3.59. The molecule has 104 valence electrons. The van der Waals surface area contributed by atoms with Crippen LogP contribution in [0, 0.1) is 6.92 Å². The van der Waals surface area contributed by atoms with Crippen LogP contribution < -0.4 is 0 Å². The molecule has 0 aliphatic heterocycles. The van der Waals surface area contributed by atoms with Crippen molar-refractivity contribution in [2.75, 3.05) is 11.5 Å². The minimum atomic E-state index is -0.878. The van der Waals surface area contributed by atoms with Gasteiger partial charge in [0.15, 0.2) is 0 Å². The maximum absolute atomic E-state index is 10.7. The predicted octanol–water partition coefficient (Wildman–Crippen LogP) is 4.58. The van der Waals surface area contributed by atoms with E-state index < -0.39 is 5.97 Å². The first-order chi connectivity index (χ1) is 9.65. The number of thioether (sulfide) groups is 2. The predicted molar refractivity (Wildman–Crippen MR) is 86.0 cm³/mol. The van der Waals surface area contributed by atoms with Crippen LogP contribution in [0.4, 0.5) is 0 Å². The molecule has 0 saturated heterocycles. The van der Waals surface area contributed by atoms with E-state index in [2.05, 4.69) is 31.2 Å². The molecule has 0 unspecified atom stereocenters. The zero-order chi connectivity index (χ0) is 14.4. The Hall–Kier alpha value is -1.39. The van der Waals surface area contributed by atoms with Crippen molar-refractivity contribution in [3.63, 3.8) is 0 Å². The van der Waals surface area contributed by atoms with Gasteiger partial charge in [-0.05, 0) is 43.3 Å². The summed E-state index contributed by atoms with van der Waals surface area (Å²) in [5, 5.41) is 8.83. The van der Waals surface area contributed by atoms with Crippen molar-refractivity contribution in [1.82, 2.24) is 0 Å². The normalized spacial score (nSPS) is 10.4. The van der Waals surface area contributed by atoms with E-state index in [4.69, 9.17) is 5.11 Å². The molecule has 0 aromatic heterocycles. The fraction of sp³-hybridized carbons (Fsp3) is 0.188. The van der Waals surface area contributed by atoms with E-state index in [1.165, 1.54) is 10.5 Å². The van der Waals surface area contributed by atoms with Crippen LogP contribution in [-0.2, 0) is 0 Å². The molecule has 0 fully saturated rings. The van der Waals surface area contributed by atoms with Crippen molar-refractivity contribution < 1.29 is 9.90 Å². The Bertz CT molecular complexity index is 562. The number of carbonyl (C=O) groups is 1. The van der Waals surface area contributed by atoms with E-state index in [1.807, 2.05) is 23.9 Å². The first-order valence-corrected chi connectivity index (χ1v) is 8.28. The van der Waals surface area contributed by atoms with Crippen molar-refractivity contribution >= 4 is 29.5 Å². The Morgan fingerprint density at radius 3 is 1.80 bits per heavy atom. The maximum Gasteiger partial charge on any atom is 0.335 e. The molecule has 20 heavy (non-hydrogen) atoms. The number of hydrogen-bond donors (Lipinski definition) is 1. The molecule has 0 aliphatic rings. The van der Waals surface area contributed by atoms with Crippen LogP contribution >= 0.6 is 23.5 Å². The van der Waals surface area contributed by atoms with Gasteiger partial charge in [-0.3, -0.25) is 0 Å². The van der Waals surface area contributed by atoms with Crippen LogP contribution in [0.3, 0.4) is 0 Å². The molecule has 0 radical (unpaired) electrons. The van der Waals surface area contributed by atoms with Gasteiger partial charge in [-0.25, -0.2) is 4.79 Å². The van der Waals surface area contributed by atoms with Crippen LogP contribution in [0.2, 0.25) is 0 Å². The summed E-state index contributed by atoms with van der Waals surface area (Å²) in [5.74, 6) is 1.16.